The van der Waals surface area contributed by atoms with E-state index in [1.807, 2.05) is 0 Å². The van der Waals surface area contributed by atoms with Gasteiger partial charge in [-0.25, -0.2) is 0 Å². The molecule has 0 unspecified atom stereocenters. The summed E-state index contributed by atoms with van der Waals surface area (Å²) in [5, 5.41) is 0. The van der Waals surface area contributed by atoms with Crippen molar-refractivity contribution in [1.82, 2.24) is 4.90 Å². The van der Waals surface area contributed by atoms with E-state index in [0.717, 1.165) is 25.8 Å². The lowest BCUT2D eigenvalue weighted by Crippen LogP contribution is -2.37. The molecule has 0 saturated heterocycles. The van der Waals surface area contributed by atoms with Gasteiger partial charge in [0.25, 0.3) is 0 Å². The maximum absolute atomic E-state index is 12.2. The molecule has 1 aliphatic rings. The van der Waals surface area contributed by atoms with Crippen LogP contribution in [0.4, 0.5) is 13.2 Å². The summed E-state index contributed by atoms with van der Waals surface area (Å²) in [5.74, 6) is 0. The fourth-order valence-corrected chi connectivity index (χ4v) is 2.88. The number of alkyl halides is 3. The van der Waals surface area contributed by atoms with Gasteiger partial charge in [-0.05, 0) is 45.3 Å². The minimum absolute atomic E-state index is 0.213. The van der Waals surface area contributed by atoms with Crippen molar-refractivity contribution in [3.8, 4) is 0 Å². The number of nitrogens with zero attached hydrogens (tertiary/aromatic N) is 1. The molecule has 2 nitrogen and oxygen atoms in total. The summed E-state index contributed by atoms with van der Waals surface area (Å²) in [4.78, 5) is 2.25. The van der Waals surface area contributed by atoms with Crippen molar-refractivity contribution in [3.05, 3.63) is 0 Å². The summed E-state index contributed by atoms with van der Waals surface area (Å²) < 4.78 is 36.7. The van der Waals surface area contributed by atoms with Crippen molar-refractivity contribution in [2.24, 2.45) is 5.73 Å². The molecule has 1 saturated carbocycles. The monoisotopic (exact) mass is 280 g/mol. The predicted octanol–water partition coefficient (Wildman–Crippen LogP) is 3.70. The van der Waals surface area contributed by atoms with Crippen LogP contribution >= 0.6 is 0 Å². The maximum Gasteiger partial charge on any atom is 0.389 e. The highest BCUT2D eigenvalue weighted by Gasteiger charge is 2.27. The van der Waals surface area contributed by atoms with E-state index in [1.54, 1.807) is 0 Å². The Morgan fingerprint density at radius 2 is 1.53 bits per heavy atom. The van der Waals surface area contributed by atoms with E-state index in [0.29, 0.717) is 19.1 Å². The minimum atomic E-state index is -4.02. The van der Waals surface area contributed by atoms with Crippen LogP contribution in [0.15, 0.2) is 0 Å². The van der Waals surface area contributed by atoms with Crippen molar-refractivity contribution in [3.63, 3.8) is 0 Å². The summed E-state index contributed by atoms with van der Waals surface area (Å²) in [6.07, 6.45) is 3.63. The van der Waals surface area contributed by atoms with Crippen LogP contribution in [0.1, 0.15) is 57.8 Å². The number of halogens is 3. The average Bonchev–Trinajstić information content (AvgIpc) is 2.61. The van der Waals surface area contributed by atoms with Crippen LogP contribution in [-0.4, -0.2) is 36.8 Å². The van der Waals surface area contributed by atoms with Crippen molar-refractivity contribution >= 4 is 0 Å². The second-order valence-electron chi connectivity index (χ2n) is 5.54. The first kappa shape index (κ1) is 16.8. The molecule has 114 valence electrons. The van der Waals surface area contributed by atoms with Crippen LogP contribution in [0.5, 0.6) is 0 Å². The fourth-order valence-electron chi connectivity index (χ4n) is 2.88. The van der Waals surface area contributed by atoms with Gasteiger partial charge in [-0.2, -0.15) is 13.2 Å². The van der Waals surface area contributed by atoms with E-state index in [4.69, 9.17) is 5.73 Å². The summed E-state index contributed by atoms with van der Waals surface area (Å²) in [7, 11) is 0. The Kier molecular flexibility index (Phi) is 7.76. The van der Waals surface area contributed by atoms with E-state index < -0.39 is 12.6 Å². The zero-order chi connectivity index (χ0) is 14.1. The number of hydrogen-bond donors (Lipinski definition) is 1. The summed E-state index contributed by atoms with van der Waals surface area (Å²) in [6, 6.07) is 0.474. The highest BCUT2D eigenvalue weighted by Crippen LogP contribution is 2.25. The molecule has 0 radical (unpaired) electrons. The third kappa shape index (κ3) is 7.78. The molecule has 0 aromatic rings. The highest BCUT2D eigenvalue weighted by atomic mass is 19.4. The van der Waals surface area contributed by atoms with Gasteiger partial charge in [-0.3, -0.25) is 0 Å². The van der Waals surface area contributed by atoms with Gasteiger partial charge in [0, 0.05) is 12.5 Å². The molecular weight excluding hydrogens is 253 g/mol. The zero-order valence-electron chi connectivity index (χ0n) is 11.7. The quantitative estimate of drug-likeness (QED) is 0.720. The molecule has 1 fully saturated rings. The lowest BCUT2D eigenvalue weighted by atomic mass is 10.1. The molecule has 0 spiro atoms. The van der Waals surface area contributed by atoms with E-state index in [9.17, 15) is 13.2 Å². The van der Waals surface area contributed by atoms with Crippen molar-refractivity contribution < 1.29 is 13.2 Å². The molecule has 1 rings (SSSR count). The highest BCUT2D eigenvalue weighted by molar-refractivity contribution is 4.75. The van der Waals surface area contributed by atoms with Crippen LogP contribution in [0.3, 0.4) is 0 Å². The fraction of sp³-hybridized carbons (Fsp3) is 1.00. The van der Waals surface area contributed by atoms with Gasteiger partial charge in [0.1, 0.15) is 0 Å². The first-order valence-electron chi connectivity index (χ1n) is 7.54. The topological polar surface area (TPSA) is 29.3 Å². The third-order valence-corrected chi connectivity index (χ3v) is 3.90. The summed E-state index contributed by atoms with van der Waals surface area (Å²) >= 11 is 0. The van der Waals surface area contributed by atoms with Gasteiger partial charge >= 0.3 is 6.18 Å². The lowest BCUT2D eigenvalue weighted by molar-refractivity contribution is -0.136. The molecule has 0 aliphatic heterocycles. The Morgan fingerprint density at radius 1 is 0.947 bits per heavy atom. The van der Waals surface area contributed by atoms with Gasteiger partial charge in [-0.15, -0.1) is 0 Å². The van der Waals surface area contributed by atoms with Crippen molar-refractivity contribution in [2.45, 2.75) is 70.0 Å². The number of rotatable bonds is 7. The van der Waals surface area contributed by atoms with Crippen LogP contribution in [0, 0.1) is 0 Å². The first-order chi connectivity index (χ1) is 9.03. The Balaban J connectivity index is 2.40. The van der Waals surface area contributed by atoms with Gasteiger partial charge in [0.05, 0.1) is 0 Å². The molecule has 2 N–H and O–H groups in total. The second-order valence-corrected chi connectivity index (χ2v) is 5.54. The van der Waals surface area contributed by atoms with E-state index in [-0.39, 0.29) is 6.42 Å². The molecule has 1 aliphatic carbocycles. The van der Waals surface area contributed by atoms with E-state index >= 15 is 0 Å². The molecule has 0 atom stereocenters. The van der Waals surface area contributed by atoms with Gasteiger partial charge < -0.3 is 10.6 Å². The SMILES string of the molecule is NCCCN(CCCC(F)(F)F)C1CCCCCC1. The van der Waals surface area contributed by atoms with E-state index in [2.05, 4.69) is 4.90 Å². The van der Waals surface area contributed by atoms with Crippen molar-refractivity contribution in [2.75, 3.05) is 19.6 Å². The minimum Gasteiger partial charge on any atom is -0.330 e. The van der Waals surface area contributed by atoms with Crippen molar-refractivity contribution in [1.29, 1.82) is 0 Å². The Morgan fingerprint density at radius 3 is 2.05 bits per heavy atom. The Bertz CT molecular complexity index is 223. The second kappa shape index (κ2) is 8.80. The largest absolute Gasteiger partial charge is 0.389 e. The third-order valence-electron chi connectivity index (χ3n) is 3.90. The molecule has 0 amide bonds. The summed E-state index contributed by atoms with van der Waals surface area (Å²) in [5.41, 5.74) is 5.53. The zero-order valence-corrected chi connectivity index (χ0v) is 11.7. The van der Waals surface area contributed by atoms with E-state index in [1.165, 1.54) is 25.7 Å². The van der Waals surface area contributed by atoms with Crippen LogP contribution < -0.4 is 5.73 Å². The van der Waals surface area contributed by atoms with Gasteiger partial charge in [0.2, 0.25) is 0 Å². The predicted molar refractivity (Wildman–Crippen MR) is 72.0 cm³/mol. The molecule has 19 heavy (non-hydrogen) atoms. The molecular formula is C14H27F3N2. The van der Waals surface area contributed by atoms with Crippen LogP contribution in [0.25, 0.3) is 0 Å². The van der Waals surface area contributed by atoms with Gasteiger partial charge in [-0.1, -0.05) is 25.7 Å². The maximum atomic E-state index is 12.2. The standard InChI is InChI=1S/C14H27F3N2/c15-14(16,17)9-5-11-19(12-6-10-18)13-7-3-1-2-4-8-13/h13H,1-12,18H2. The van der Waals surface area contributed by atoms with Crippen LogP contribution in [-0.2, 0) is 0 Å². The Labute approximate surface area is 114 Å². The lowest BCUT2D eigenvalue weighted by Gasteiger charge is -2.31. The smallest absolute Gasteiger partial charge is 0.330 e. The number of nitrogens with two attached hydrogens (primary N) is 1. The molecule has 0 heterocycles. The summed E-state index contributed by atoms with van der Waals surface area (Å²) in [6.45, 7) is 2.02. The molecule has 0 aromatic carbocycles. The van der Waals surface area contributed by atoms with Crippen LogP contribution in [0.2, 0.25) is 0 Å². The molecule has 5 heteroatoms. The first-order valence-corrected chi connectivity index (χ1v) is 7.54. The number of hydrogen-bond acceptors (Lipinski definition) is 2. The molecule has 0 bridgehead atoms. The average molecular weight is 280 g/mol. The van der Waals surface area contributed by atoms with Gasteiger partial charge in [0.15, 0.2) is 0 Å². The Hall–Kier alpha value is -0.290. The molecule has 0 aromatic heterocycles. The normalized spacial score (nSPS) is 18.8.